The highest BCUT2D eigenvalue weighted by molar-refractivity contribution is 5.80. The molecule has 3 heterocycles. The largest absolute Gasteiger partial charge is 0.494 e. The Morgan fingerprint density at radius 1 is 1.05 bits per heavy atom. The van der Waals surface area contributed by atoms with Gasteiger partial charge in [-0.05, 0) is 47.2 Å². The topological polar surface area (TPSA) is 101 Å². The van der Waals surface area contributed by atoms with Crippen LogP contribution in [0.25, 0.3) is 10.9 Å². The molecule has 1 N–H and O–H groups in total. The molecule has 10 heteroatoms. The summed E-state index contributed by atoms with van der Waals surface area (Å²) in [5.74, 6) is 1.41. The Labute approximate surface area is 215 Å². The molecule has 1 aliphatic rings. The number of fused-ring (bicyclic) bond motifs is 1. The summed E-state index contributed by atoms with van der Waals surface area (Å²) in [6, 6.07) is 17.8. The number of methoxy groups -OCH3 is 1. The second-order valence-electron chi connectivity index (χ2n) is 9.19. The van der Waals surface area contributed by atoms with Gasteiger partial charge >= 0.3 is 0 Å². The number of aromatic nitrogens is 5. The van der Waals surface area contributed by atoms with E-state index < -0.39 is 6.04 Å². The van der Waals surface area contributed by atoms with E-state index in [-0.39, 0.29) is 5.56 Å². The zero-order valence-electron chi connectivity index (χ0n) is 21.3. The third kappa shape index (κ3) is 5.71. The van der Waals surface area contributed by atoms with Crippen LogP contribution in [0, 0.1) is 0 Å². The molecule has 2 aromatic heterocycles. The van der Waals surface area contributed by atoms with Crippen LogP contribution in [0.4, 0.5) is 0 Å². The quantitative estimate of drug-likeness (QED) is 0.352. The number of hydrogen-bond donors (Lipinski definition) is 1. The fourth-order valence-electron chi connectivity index (χ4n) is 4.93. The maximum atomic E-state index is 13.4. The highest BCUT2D eigenvalue weighted by atomic mass is 16.5. The Bertz CT molecular complexity index is 1360. The van der Waals surface area contributed by atoms with Crippen LogP contribution in [0.5, 0.6) is 5.75 Å². The molecule has 37 heavy (non-hydrogen) atoms. The van der Waals surface area contributed by atoms with Crippen molar-refractivity contribution in [2.24, 2.45) is 0 Å². The number of nitrogens with zero attached hydrogens (tertiary/aromatic N) is 6. The van der Waals surface area contributed by atoms with E-state index >= 15 is 0 Å². The zero-order chi connectivity index (χ0) is 25.6. The molecule has 0 saturated carbocycles. The molecule has 4 aromatic rings. The summed E-state index contributed by atoms with van der Waals surface area (Å²) in [7, 11) is 1.65. The molecule has 0 spiro atoms. The SMILES string of the molecule is CCOc1ccc2[nH]c(=O)c([C@H](c3nnnn3CCOC)N3CCN(Cc4ccccc4)CC3)cc2c1. The van der Waals surface area contributed by atoms with Crippen molar-refractivity contribution in [2.75, 3.05) is 46.5 Å². The van der Waals surface area contributed by atoms with E-state index in [0.717, 1.165) is 49.4 Å². The molecule has 1 fully saturated rings. The molecular formula is C27H33N7O3. The van der Waals surface area contributed by atoms with Crippen molar-refractivity contribution in [3.05, 3.63) is 81.9 Å². The lowest BCUT2D eigenvalue weighted by atomic mass is 10.0. The smallest absolute Gasteiger partial charge is 0.253 e. The third-order valence-electron chi connectivity index (χ3n) is 6.78. The minimum absolute atomic E-state index is 0.144. The highest BCUT2D eigenvalue weighted by Gasteiger charge is 2.32. The van der Waals surface area contributed by atoms with Gasteiger partial charge in [0.25, 0.3) is 5.56 Å². The number of hydrogen-bond acceptors (Lipinski definition) is 8. The lowest BCUT2D eigenvalue weighted by Gasteiger charge is -2.38. The summed E-state index contributed by atoms with van der Waals surface area (Å²) in [5.41, 5.74) is 2.54. The van der Waals surface area contributed by atoms with Gasteiger partial charge in [0.15, 0.2) is 5.82 Å². The standard InChI is InChI=1S/C27H33N7O3/c1-3-37-22-9-10-24-21(17-22)18-23(27(35)28-24)25(26-29-30-31-34(26)15-16-36-2)33-13-11-32(12-14-33)19-20-7-5-4-6-8-20/h4-10,17-18,25H,3,11-16,19H2,1-2H3,(H,28,35)/t25-/m1/s1. The van der Waals surface area contributed by atoms with Crippen LogP contribution in [0.15, 0.2) is 59.4 Å². The van der Waals surface area contributed by atoms with Crippen molar-refractivity contribution in [1.29, 1.82) is 0 Å². The minimum atomic E-state index is -0.394. The predicted octanol–water partition coefficient (Wildman–Crippen LogP) is 2.47. The Hall–Kier alpha value is -3.60. The third-order valence-corrected chi connectivity index (χ3v) is 6.78. The minimum Gasteiger partial charge on any atom is -0.494 e. The van der Waals surface area contributed by atoms with Crippen molar-refractivity contribution < 1.29 is 9.47 Å². The molecule has 194 valence electrons. The van der Waals surface area contributed by atoms with Crippen LogP contribution in [0.2, 0.25) is 0 Å². The maximum absolute atomic E-state index is 13.4. The van der Waals surface area contributed by atoms with Crippen LogP contribution in [-0.2, 0) is 17.8 Å². The predicted molar refractivity (Wildman–Crippen MR) is 141 cm³/mol. The van der Waals surface area contributed by atoms with Crippen LogP contribution in [-0.4, -0.2) is 81.5 Å². The number of nitrogens with one attached hydrogen (secondary N) is 1. The number of ether oxygens (including phenoxy) is 2. The Morgan fingerprint density at radius 2 is 1.86 bits per heavy atom. The van der Waals surface area contributed by atoms with Crippen molar-refractivity contribution in [2.45, 2.75) is 26.1 Å². The lowest BCUT2D eigenvalue weighted by Crippen LogP contribution is -2.48. The molecule has 0 unspecified atom stereocenters. The van der Waals surface area contributed by atoms with Gasteiger partial charge < -0.3 is 14.5 Å². The summed E-state index contributed by atoms with van der Waals surface area (Å²) in [6.45, 7) is 7.74. The molecule has 0 radical (unpaired) electrons. The number of aromatic amines is 1. The van der Waals surface area contributed by atoms with Gasteiger partial charge in [0.2, 0.25) is 0 Å². The maximum Gasteiger partial charge on any atom is 0.253 e. The van der Waals surface area contributed by atoms with Gasteiger partial charge in [0, 0.05) is 56.3 Å². The molecular weight excluding hydrogens is 470 g/mol. The molecule has 1 saturated heterocycles. The van der Waals surface area contributed by atoms with Crippen molar-refractivity contribution >= 4 is 10.9 Å². The van der Waals surface area contributed by atoms with E-state index in [2.05, 4.69) is 54.6 Å². The van der Waals surface area contributed by atoms with Crippen LogP contribution in [0.3, 0.4) is 0 Å². The summed E-state index contributed by atoms with van der Waals surface area (Å²) >= 11 is 0. The number of rotatable bonds is 10. The average molecular weight is 504 g/mol. The Morgan fingerprint density at radius 3 is 2.62 bits per heavy atom. The first-order chi connectivity index (χ1) is 18.2. The van der Waals surface area contributed by atoms with Gasteiger partial charge in [-0.15, -0.1) is 5.10 Å². The Kier molecular flexibility index (Phi) is 7.88. The second kappa shape index (κ2) is 11.6. The first-order valence-electron chi connectivity index (χ1n) is 12.7. The van der Waals surface area contributed by atoms with E-state index in [1.54, 1.807) is 11.8 Å². The van der Waals surface area contributed by atoms with Gasteiger partial charge in [-0.2, -0.15) is 0 Å². The van der Waals surface area contributed by atoms with Crippen molar-refractivity contribution in [3.63, 3.8) is 0 Å². The van der Waals surface area contributed by atoms with Gasteiger partial charge in [-0.25, -0.2) is 4.68 Å². The summed E-state index contributed by atoms with van der Waals surface area (Å²) in [5, 5.41) is 13.5. The average Bonchev–Trinajstić information content (AvgIpc) is 3.38. The van der Waals surface area contributed by atoms with Crippen molar-refractivity contribution in [1.82, 2.24) is 35.0 Å². The first-order valence-corrected chi connectivity index (χ1v) is 12.7. The monoisotopic (exact) mass is 503 g/mol. The van der Waals surface area contributed by atoms with E-state index in [9.17, 15) is 4.79 Å². The summed E-state index contributed by atoms with van der Waals surface area (Å²) < 4.78 is 12.7. The van der Waals surface area contributed by atoms with Gasteiger partial charge in [-0.3, -0.25) is 14.6 Å². The van der Waals surface area contributed by atoms with Crippen LogP contribution >= 0.6 is 0 Å². The molecule has 2 aromatic carbocycles. The molecule has 1 aliphatic heterocycles. The van der Waals surface area contributed by atoms with E-state index in [1.807, 2.05) is 37.3 Å². The zero-order valence-corrected chi connectivity index (χ0v) is 21.3. The molecule has 0 amide bonds. The van der Waals surface area contributed by atoms with Gasteiger partial charge in [0.05, 0.1) is 19.8 Å². The molecule has 5 rings (SSSR count). The second-order valence-corrected chi connectivity index (χ2v) is 9.19. The molecule has 0 aliphatic carbocycles. The van der Waals surface area contributed by atoms with E-state index in [4.69, 9.17) is 9.47 Å². The van der Waals surface area contributed by atoms with Crippen LogP contribution in [0.1, 0.15) is 29.9 Å². The molecule has 0 bridgehead atoms. The first kappa shape index (κ1) is 25.1. The normalized spacial score (nSPS) is 15.7. The van der Waals surface area contributed by atoms with E-state index in [0.29, 0.717) is 31.1 Å². The lowest BCUT2D eigenvalue weighted by molar-refractivity contribution is 0.0984. The number of pyridine rings is 1. The number of tetrazole rings is 1. The highest BCUT2D eigenvalue weighted by Crippen LogP contribution is 2.29. The number of piperazine rings is 1. The van der Waals surface area contributed by atoms with Gasteiger partial charge in [0.1, 0.15) is 11.8 Å². The van der Waals surface area contributed by atoms with Crippen molar-refractivity contribution in [3.8, 4) is 5.75 Å². The molecule has 1 atom stereocenters. The number of benzene rings is 2. The van der Waals surface area contributed by atoms with Gasteiger partial charge in [-0.1, -0.05) is 30.3 Å². The number of H-pyrrole nitrogens is 1. The van der Waals surface area contributed by atoms with E-state index in [1.165, 1.54) is 5.56 Å². The fourth-order valence-corrected chi connectivity index (χ4v) is 4.93. The Balaban J connectivity index is 1.48. The van der Waals surface area contributed by atoms with Crippen LogP contribution < -0.4 is 10.3 Å². The fraction of sp³-hybridized carbons (Fsp3) is 0.407. The summed E-state index contributed by atoms with van der Waals surface area (Å²) in [6.07, 6.45) is 0. The molecule has 10 nitrogen and oxygen atoms in total. The summed E-state index contributed by atoms with van der Waals surface area (Å²) in [4.78, 5) is 21.2.